The largest absolute Gasteiger partial charge is 0.493 e. The second kappa shape index (κ2) is 5.72. The average Bonchev–Trinajstić information content (AvgIpc) is 2.74. The van der Waals surface area contributed by atoms with Gasteiger partial charge in [-0.05, 0) is 55.0 Å². The Morgan fingerprint density at radius 1 is 1.42 bits per heavy atom. The van der Waals surface area contributed by atoms with Crippen molar-refractivity contribution in [3.8, 4) is 5.75 Å². The standard InChI is InChI=1S/C16H22ClNO/c1-11(10-18-15-3-2-4-15)7-13-9-14(17)8-12-5-6-19-16(12)13/h8-9,11,15,18H,2-7,10H2,1H3. The lowest BCUT2D eigenvalue weighted by Crippen LogP contribution is -2.38. The molecule has 1 aliphatic heterocycles. The molecule has 0 spiro atoms. The molecule has 1 aliphatic carbocycles. The number of halogens is 1. The quantitative estimate of drug-likeness (QED) is 0.889. The van der Waals surface area contributed by atoms with Crippen LogP contribution in [0.3, 0.4) is 0 Å². The maximum Gasteiger partial charge on any atom is 0.125 e. The van der Waals surface area contributed by atoms with E-state index in [1.807, 2.05) is 6.07 Å². The first-order valence-electron chi connectivity index (χ1n) is 7.40. The zero-order valence-corrected chi connectivity index (χ0v) is 12.3. The normalized spacial score (nSPS) is 19.7. The summed E-state index contributed by atoms with van der Waals surface area (Å²) in [7, 11) is 0. The Kier molecular flexibility index (Phi) is 3.99. The zero-order valence-electron chi connectivity index (χ0n) is 11.5. The highest BCUT2D eigenvalue weighted by atomic mass is 35.5. The average molecular weight is 280 g/mol. The van der Waals surface area contributed by atoms with Crippen molar-refractivity contribution in [1.82, 2.24) is 5.32 Å². The van der Waals surface area contributed by atoms with Gasteiger partial charge < -0.3 is 10.1 Å². The van der Waals surface area contributed by atoms with Crippen molar-refractivity contribution < 1.29 is 4.74 Å². The summed E-state index contributed by atoms with van der Waals surface area (Å²) in [5.41, 5.74) is 2.56. The fourth-order valence-electron chi connectivity index (χ4n) is 2.93. The molecule has 3 heteroatoms. The van der Waals surface area contributed by atoms with Gasteiger partial charge in [0.25, 0.3) is 0 Å². The van der Waals surface area contributed by atoms with Crippen molar-refractivity contribution in [2.45, 2.75) is 45.1 Å². The van der Waals surface area contributed by atoms with E-state index in [9.17, 15) is 0 Å². The van der Waals surface area contributed by atoms with Crippen LogP contribution in [0.2, 0.25) is 5.02 Å². The van der Waals surface area contributed by atoms with Crippen molar-refractivity contribution in [1.29, 1.82) is 0 Å². The number of fused-ring (bicyclic) bond motifs is 1. The van der Waals surface area contributed by atoms with Crippen LogP contribution in [0.5, 0.6) is 5.75 Å². The summed E-state index contributed by atoms with van der Waals surface area (Å²) in [6.45, 7) is 4.19. The molecular formula is C16H22ClNO. The summed E-state index contributed by atoms with van der Waals surface area (Å²) in [5.74, 6) is 1.72. The summed E-state index contributed by atoms with van der Waals surface area (Å²) < 4.78 is 5.76. The van der Waals surface area contributed by atoms with Crippen LogP contribution in [-0.4, -0.2) is 19.2 Å². The lowest BCUT2D eigenvalue weighted by Gasteiger charge is -2.28. The number of benzene rings is 1. The Morgan fingerprint density at radius 3 is 3.00 bits per heavy atom. The molecule has 1 aromatic rings. The molecule has 0 saturated heterocycles. The Morgan fingerprint density at radius 2 is 2.26 bits per heavy atom. The second-order valence-corrected chi connectivity index (χ2v) is 6.43. The Labute approximate surface area is 120 Å². The highest BCUT2D eigenvalue weighted by Gasteiger charge is 2.20. The van der Waals surface area contributed by atoms with Crippen LogP contribution in [0.1, 0.15) is 37.3 Å². The van der Waals surface area contributed by atoms with E-state index >= 15 is 0 Å². The SMILES string of the molecule is CC(CNC1CCC1)Cc1cc(Cl)cc2c1OCC2. The van der Waals surface area contributed by atoms with E-state index in [-0.39, 0.29) is 0 Å². The number of hydrogen-bond donors (Lipinski definition) is 1. The summed E-state index contributed by atoms with van der Waals surface area (Å²) in [5, 5.41) is 4.49. The van der Waals surface area contributed by atoms with Gasteiger partial charge in [0.1, 0.15) is 5.75 Å². The predicted molar refractivity (Wildman–Crippen MR) is 79.2 cm³/mol. The smallest absolute Gasteiger partial charge is 0.125 e. The van der Waals surface area contributed by atoms with E-state index in [4.69, 9.17) is 16.3 Å². The van der Waals surface area contributed by atoms with Crippen molar-refractivity contribution in [3.63, 3.8) is 0 Å². The fraction of sp³-hybridized carbons (Fsp3) is 0.625. The van der Waals surface area contributed by atoms with E-state index in [1.165, 1.54) is 30.4 Å². The van der Waals surface area contributed by atoms with E-state index < -0.39 is 0 Å². The van der Waals surface area contributed by atoms with E-state index in [0.29, 0.717) is 5.92 Å². The Balaban J connectivity index is 1.62. The van der Waals surface area contributed by atoms with Gasteiger partial charge >= 0.3 is 0 Å². The molecule has 1 N–H and O–H groups in total. The lowest BCUT2D eigenvalue weighted by molar-refractivity contribution is 0.318. The van der Waals surface area contributed by atoms with Gasteiger partial charge in [0.05, 0.1) is 6.61 Å². The molecule has 0 amide bonds. The summed E-state index contributed by atoms with van der Waals surface area (Å²) in [4.78, 5) is 0. The van der Waals surface area contributed by atoms with Gasteiger partial charge in [-0.25, -0.2) is 0 Å². The third-order valence-corrected chi connectivity index (χ3v) is 4.47. The number of ether oxygens (including phenoxy) is 1. The highest BCUT2D eigenvalue weighted by molar-refractivity contribution is 6.30. The van der Waals surface area contributed by atoms with Crippen LogP contribution in [0, 0.1) is 5.92 Å². The van der Waals surface area contributed by atoms with Gasteiger partial charge in [-0.3, -0.25) is 0 Å². The van der Waals surface area contributed by atoms with Gasteiger partial charge in [0.2, 0.25) is 0 Å². The maximum absolute atomic E-state index is 6.20. The third-order valence-electron chi connectivity index (χ3n) is 4.25. The van der Waals surface area contributed by atoms with Crippen molar-refractivity contribution in [3.05, 3.63) is 28.3 Å². The van der Waals surface area contributed by atoms with Crippen molar-refractivity contribution >= 4 is 11.6 Å². The van der Waals surface area contributed by atoms with Crippen LogP contribution >= 0.6 is 11.6 Å². The number of nitrogens with one attached hydrogen (secondary N) is 1. The van der Waals surface area contributed by atoms with E-state index in [0.717, 1.165) is 42.8 Å². The molecule has 0 radical (unpaired) electrons. The zero-order chi connectivity index (χ0) is 13.2. The molecule has 1 heterocycles. The molecule has 1 saturated carbocycles. The fourth-order valence-corrected chi connectivity index (χ4v) is 3.19. The maximum atomic E-state index is 6.20. The third kappa shape index (κ3) is 3.06. The molecule has 104 valence electrons. The molecular weight excluding hydrogens is 258 g/mol. The molecule has 1 aromatic carbocycles. The Hall–Kier alpha value is -0.730. The molecule has 1 fully saturated rings. The highest BCUT2D eigenvalue weighted by Crippen LogP contribution is 2.34. The van der Waals surface area contributed by atoms with Gasteiger partial charge in [0.15, 0.2) is 0 Å². The van der Waals surface area contributed by atoms with Crippen molar-refractivity contribution in [2.75, 3.05) is 13.2 Å². The monoisotopic (exact) mass is 279 g/mol. The van der Waals surface area contributed by atoms with Crippen LogP contribution in [0.4, 0.5) is 0 Å². The first-order chi connectivity index (χ1) is 9.22. The molecule has 19 heavy (non-hydrogen) atoms. The van der Waals surface area contributed by atoms with Crippen LogP contribution in [-0.2, 0) is 12.8 Å². The van der Waals surface area contributed by atoms with Crippen LogP contribution in [0.25, 0.3) is 0 Å². The summed E-state index contributed by atoms with van der Waals surface area (Å²) in [6, 6.07) is 4.89. The second-order valence-electron chi connectivity index (χ2n) is 6.00. The minimum atomic E-state index is 0.618. The molecule has 0 aromatic heterocycles. The topological polar surface area (TPSA) is 21.3 Å². The molecule has 0 bridgehead atoms. The summed E-state index contributed by atoms with van der Waals surface area (Å²) in [6.07, 6.45) is 6.13. The molecule has 1 unspecified atom stereocenters. The lowest BCUT2D eigenvalue weighted by atomic mass is 9.92. The molecule has 2 nitrogen and oxygen atoms in total. The molecule has 3 rings (SSSR count). The van der Waals surface area contributed by atoms with E-state index in [1.54, 1.807) is 0 Å². The Bertz CT molecular complexity index is 456. The first kappa shape index (κ1) is 13.3. The number of rotatable bonds is 5. The summed E-state index contributed by atoms with van der Waals surface area (Å²) >= 11 is 6.20. The van der Waals surface area contributed by atoms with Gasteiger partial charge in [0, 0.05) is 17.5 Å². The van der Waals surface area contributed by atoms with Crippen LogP contribution in [0.15, 0.2) is 12.1 Å². The van der Waals surface area contributed by atoms with Gasteiger partial charge in [-0.1, -0.05) is 24.9 Å². The number of hydrogen-bond acceptors (Lipinski definition) is 2. The minimum Gasteiger partial charge on any atom is -0.493 e. The van der Waals surface area contributed by atoms with E-state index in [2.05, 4.69) is 18.3 Å². The van der Waals surface area contributed by atoms with Crippen LogP contribution < -0.4 is 10.1 Å². The first-order valence-corrected chi connectivity index (χ1v) is 7.77. The molecule has 1 atom stereocenters. The van der Waals surface area contributed by atoms with Gasteiger partial charge in [-0.2, -0.15) is 0 Å². The minimum absolute atomic E-state index is 0.618. The predicted octanol–water partition coefficient (Wildman–Crippen LogP) is 3.60. The van der Waals surface area contributed by atoms with Gasteiger partial charge in [-0.15, -0.1) is 0 Å². The van der Waals surface area contributed by atoms with Crippen molar-refractivity contribution in [2.24, 2.45) is 5.92 Å². The molecule has 2 aliphatic rings.